The fourth-order valence-electron chi connectivity index (χ4n) is 2.91. The van der Waals surface area contributed by atoms with Crippen LogP contribution in [0.4, 0.5) is 24.5 Å². The number of rotatable bonds is 5. The van der Waals surface area contributed by atoms with Gasteiger partial charge in [0.05, 0.1) is 0 Å². The summed E-state index contributed by atoms with van der Waals surface area (Å²) in [6, 6.07) is 5.69. The average molecular weight is 342 g/mol. The molecule has 132 valence electrons. The van der Waals surface area contributed by atoms with Crippen LogP contribution < -0.4 is 10.6 Å². The highest BCUT2D eigenvalue weighted by Crippen LogP contribution is 2.27. The van der Waals surface area contributed by atoms with E-state index in [4.69, 9.17) is 0 Å². The average Bonchev–Trinajstić information content (AvgIpc) is 2.53. The monoisotopic (exact) mass is 342 g/mol. The minimum absolute atomic E-state index is 0.0117. The Morgan fingerprint density at radius 2 is 1.67 bits per heavy atom. The molecule has 0 saturated heterocycles. The van der Waals surface area contributed by atoms with Gasteiger partial charge in [-0.05, 0) is 30.5 Å². The fraction of sp³-hybridized carbons (Fsp3) is 0.529. The SMILES string of the molecule is O=C(CCC1CCCCC1)Nc1cccc(NC(=O)C(F)(F)F)c1. The van der Waals surface area contributed by atoms with Gasteiger partial charge < -0.3 is 10.6 Å². The molecule has 2 amide bonds. The quantitative estimate of drug-likeness (QED) is 0.828. The molecule has 1 saturated carbocycles. The molecule has 1 fully saturated rings. The lowest BCUT2D eigenvalue weighted by Crippen LogP contribution is -2.29. The summed E-state index contributed by atoms with van der Waals surface area (Å²) in [5.74, 6) is -1.62. The molecule has 0 heterocycles. The summed E-state index contributed by atoms with van der Waals surface area (Å²) in [6.45, 7) is 0. The molecule has 4 nitrogen and oxygen atoms in total. The summed E-state index contributed by atoms with van der Waals surface area (Å²) in [5.41, 5.74) is 0.353. The number of carbonyl (C=O) groups excluding carboxylic acids is 2. The highest BCUT2D eigenvalue weighted by atomic mass is 19.4. The lowest BCUT2D eigenvalue weighted by molar-refractivity contribution is -0.167. The normalized spacial score (nSPS) is 15.8. The highest BCUT2D eigenvalue weighted by Gasteiger charge is 2.38. The van der Waals surface area contributed by atoms with Crippen LogP contribution in [0.25, 0.3) is 0 Å². The van der Waals surface area contributed by atoms with Crippen LogP contribution in [0.1, 0.15) is 44.9 Å². The third-order valence-corrected chi connectivity index (χ3v) is 4.17. The maximum absolute atomic E-state index is 12.2. The van der Waals surface area contributed by atoms with Gasteiger partial charge in [-0.2, -0.15) is 13.2 Å². The number of hydrogen-bond donors (Lipinski definition) is 2. The molecule has 0 bridgehead atoms. The standard InChI is InChI=1S/C17H21F3N2O2/c18-17(19,20)16(24)22-14-8-4-7-13(11-14)21-15(23)10-9-12-5-2-1-3-6-12/h4,7-8,11-12H,1-3,5-6,9-10H2,(H,21,23)(H,22,24). The summed E-state index contributed by atoms with van der Waals surface area (Å²) in [6.07, 6.45) is 2.29. The number of carbonyl (C=O) groups is 2. The van der Waals surface area contributed by atoms with E-state index in [0.29, 0.717) is 18.0 Å². The predicted molar refractivity (Wildman–Crippen MR) is 85.6 cm³/mol. The van der Waals surface area contributed by atoms with Crippen LogP contribution in [0.15, 0.2) is 24.3 Å². The topological polar surface area (TPSA) is 58.2 Å². The molecule has 0 aromatic heterocycles. The molecule has 0 spiro atoms. The zero-order chi connectivity index (χ0) is 17.6. The lowest BCUT2D eigenvalue weighted by atomic mass is 9.86. The Labute approximate surface area is 138 Å². The molecule has 1 aliphatic rings. The van der Waals surface area contributed by atoms with E-state index in [1.165, 1.54) is 37.5 Å². The Kier molecular flexibility index (Phi) is 6.23. The summed E-state index contributed by atoms with van der Waals surface area (Å²) in [5, 5.41) is 4.43. The van der Waals surface area contributed by atoms with Gasteiger partial charge in [-0.15, -0.1) is 0 Å². The summed E-state index contributed by atoms with van der Waals surface area (Å²) in [4.78, 5) is 22.9. The molecular weight excluding hydrogens is 321 g/mol. The third kappa shape index (κ3) is 5.86. The van der Waals surface area contributed by atoms with Gasteiger partial charge in [0.2, 0.25) is 5.91 Å². The van der Waals surface area contributed by atoms with E-state index in [2.05, 4.69) is 5.32 Å². The van der Waals surface area contributed by atoms with Crippen LogP contribution >= 0.6 is 0 Å². The number of anilines is 2. The Morgan fingerprint density at radius 1 is 1.04 bits per heavy atom. The van der Waals surface area contributed by atoms with Crippen molar-refractivity contribution in [2.75, 3.05) is 10.6 Å². The van der Waals surface area contributed by atoms with E-state index < -0.39 is 12.1 Å². The molecule has 0 radical (unpaired) electrons. The molecule has 0 unspecified atom stereocenters. The number of amides is 2. The van der Waals surface area contributed by atoms with Crippen LogP contribution in [0.5, 0.6) is 0 Å². The number of nitrogens with one attached hydrogen (secondary N) is 2. The molecule has 24 heavy (non-hydrogen) atoms. The van der Waals surface area contributed by atoms with Gasteiger partial charge >= 0.3 is 12.1 Å². The fourth-order valence-corrected chi connectivity index (χ4v) is 2.91. The van der Waals surface area contributed by atoms with Crippen molar-refractivity contribution in [2.45, 2.75) is 51.1 Å². The van der Waals surface area contributed by atoms with Gasteiger partial charge in [0, 0.05) is 17.8 Å². The van der Waals surface area contributed by atoms with Crippen molar-refractivity contribution < 1.29 is 22.8 Å². The zero-order valence-corrected chi connectivity index (χ0v) is 13.3. The van der Waals surface area contributed by atoms with Gasteiger partial charge in [0.15, 0.2) is 0 Å². The van der Waals surface area contributed by atoms with E-state index in [0.717, 1.165) is 19.3 Å². The maximum atomic E-state index is 12.2. The van der Waals surface area contributed by atoms with Crippen molar-refractivity contribution in [3.8, 4) is 0 Å². The molecular formula is C17H21F3N2O2. The zero-order valence-electron chi connectivity index (χ0n) is 13.3. The van der Waals surface area contributed by atoms with Crippen LogP contribution in [0.2, 0.25) is 0 Å². The highest BCUT2D eigenvalue weighted by molar-refractivity contribution is 5.96. The van der Waals surface area contributed by atoms with Gasteiger partial charge in [-0.25, -0.2) is 0 Å². The van der Waals surface area contributed by atoms with Crippen molar-refractivity contribution in [3.63, 3.8) is 0 Å². The Balaban J connectivity index is 1.84. The van der Waals surface area contributed by atoms with Crippen molar-refractivity contribution in [1.82, 2.24) is 0 Å². The molecule has 2 N–H and O–H groups in total. The van der Waals surface area contributed by atoms with Gasteiger partial charge in [0.25, 0.3) is 0 Å². The first-order valence-electron chi connectivity index (χ1n) is 8.12. The minimum atomic E-state index is -4.95. The third-order valence-electron chi connectivity index (χ3n) is 4.17. The van der Waals surface area contributed by atoms with Crippen LogP contribution in [-0.4, -0.2) is 18.0 Å². The molecule has 0 atom stereocenters. The van der Waals surface area contributed by atoms with Crippen molar-refractivity contribution >= 4 is 23.2 Å². The van der Waals surface area contributed by atoms with Gasteiger partial charge in [-0.3, -0.25) is 9.59 Å². The molecule has 0 aliphatic heterocycles. The van der Waals surface area contributed by atoms with Crippen LogP contribution in [0.3, 0.4) is 0 Å². The second kappa shape index (κ2) is 8.17. The predicted octanol–water partition coefficient (Wildman–Crippen LogP) is 4.49. The first-order chi connectivity index (χ1) is 11.3. The second-order valence-corrected chi connectivity index (χ2v) is 6.12. The first kappa shape index (κ1) is 18.3. The number of halogens is 3. The lowest BCUT2D eigenvalue weighted by Gasteiger charge is -2.21. The summed E-state index contributed by atoms with van der Waals surface area (Å²) in [7, 11) is 0. The van der Waals surface area contributed by atoms with Crippen LogP contribution in [-0.2, 0) is 9.59 Å². The minimum Gasteiger partial charge on any atom is -0.326 e. The smallest absolute Gasteiger partial charge is 0.326 e. The van der Waals surface area contributed by atoms with E-state index in [9.17, 15) is 22.8 Å². The Morgan fingerprint density at radius 3 is 2.29 bits per heavy atom. The van der Waals surface area contributed by atoms with Gasteiger partial charge in [0.1, 0.15) is 0 Å². The molecule has 1 aromatic carbocycles. The molecule has 7 heteroatoms. The van der Waals surface area contributed by atoms with Crippen molar-refractivity contribution in [1.29, 1.82) is 0 Å². The Bertz CT molecular complexity index is 581. The number of alkyl halides is 3. The van der Waals surface area contributed by atoms with E-state index in [1.54, 1.807) is 11.4 Å². The molecule has 2 rings (SSSR count). The largest absolute Gasteiger partial charge is 0.471 e. The summed E-state index contributed by atoms with van der Waals surface area (Å²) < 4.78 is 36.7. The number of benzene rings is 1. The van der Waals surface area contributed by atoms with Crippen molar-refractivity contribution in [2.24, 2.45) is 5.92 Å². The van der Waals surface area contributed by atoms with Crippen molar-refractivity contribution in [3.05, 3.63) is 24.3 Å². The van der Waals surface area contributed by atoms with Gasteiger partial charge in [-0.1, -0.05) is 38.2 Å². The Hall–Kier alpha value is -2.05. The van der Waals surface area contributed by atoms with E-state index in [-0.39, 0.29) is 11.6 Å². The first-order valence-corrected chi connectivity index (χ1v) is 8.12. The summed E-state index contributed by atoms with van der Waals surface area (Å²) >= 11 is 0. The van der Waals surface area contributed by atoms with Crippen LogP contribution in [0, 0.1) is 5.92 Å². The molecule has 1 aliphatic carbocycles. The van der Waals surface area contributed by atoms with E-state index in [1.807, 2.05) is 0 Å². The number of hydrogen-bond acceptors (Lipinski definition) is 2. The maximum Gasteiger partial charge on any atom is 0.471 e. The second-order valence-electron chi connectivity index (χ2n) is 6.12. The van der Waals surface area contributed by atoms with E-state index >= 15 is 0 Å². The molecule has 1 aromatic rings.